The molecule has 25 heavy (non-hydrogen) atoms. The Balaban J connectivity index is 2.45. The molecule has 0 saturated heterocycles. The second-order valence-corrected chi connectivity index (χ2v) is 7.12. The number of nitrogens with one attached hydrogen (secondary N) is 1. The molecule has 1 unspecified atom stereocenters. The number of amides is 1. The lowest BCUT2D eigenvalue weighted by Crippen LogP contribution is -2.44. The first-order chi connectivity index (χ1) is 11.9. The third-order valence-electron chi connectivity index (χ3n) is 4.88. The van der Waals surface area contributed by atoms with Gasteiger partial charge in [0, 0.05) is 12.0 Å². The van der Waals surface area contributed by atoms with Crippen LogP contribution in [-0.2, 0) is 4.79 Å². The van der Waals surface area contributed by atoms with Crippen molar-refractivity contribution in [2.24, 2.45) is 5.41 Å². The van der Waals surface area contributed by atoms with Crippen LogP contribution in [0.15, 0.2) is 54.6 Å². The molecular formula is C22H29NO2. The first-order valence-electron chi connectivity index (χ1n) is 8.90. The standard InChI is InChI=1S/C22H29NO2/c1-6-16(2)23-21(24)22(3,4)20(17-10-8-7-9-11-17)18-12-14-19(25-5)15-13-18/h7-16,20H,6H2,1-5H3,(H,23,24)/t16?,20-/m0/s1. The van der Waals surface area contributed by atoms with Crippen molar-refractivity contribution in [2.75, 3.05) is 7.11 Å². The molecule has 2 atom stereocenters. The van der Waals surface area contributed by atoms with E-state index < -0.39 is 5.41 Å². The molecule has 1 N–H and O–H groups in total. The molecule has 3 heteroatoms. The number of benzene rings is 2. The summed E-state index contributed by atoms with van der Waals surface area (Å²) in [5.41, 5.74) is 1.66. The third kappa shape index (κ3) is 4.41. The van der Waals surface area contributed by atoms with Crippen molar-refractivity contribution in [2.45, 2.75) is 46.1 Å². The summed E-state index contributed by atoms with van der Waals surface area (Å²) in [6.45, 7) is 8.16. The second-order valence-electron chi connectivity index (χ2n) is 7.12. The molecule has 1 amide bonds. The molecule has 0 heterocycles. The molecule has 0 aliphatic carbocycles. The molecule has 3 nitrogen and oxygen atoms in total. The molecule has 0 aliphatic heterocycles. The quantitative estimate of drug-likeness (QED) is 0.789. The van der Waals surface area contributed by atoms with Crippen molar-refractivity contribution in [1.29, 1.82) is 0 Å². The maximum absolute atomic E-state index is 13.0. The molecule has 0 bridgehead atoms. The van der Waals surface area contributed by atoms with Crippen molar-refractivity contribution >= 4 is 5.91 Å². The van der Waals surface area contributed by atoms with Gasteiger partial charge < -0.3 is 10.1 Å². The largest absolute Gasteiger partial charge is 0.497 e. The Morgan fingerprint density at radius 1 is 1.04 bits per heavy atom. The Kier molecular flexibility index (Phi) is 6.24. The number of methoxy groups -OCH3 is 1. The van der Waals surface area contributed by atoms with Crippen LogP contribution in [0.25, 0.3) is 0 Å². The van der Waals surface area contributed by atoms with Gasteiger partial charge in [-0.1, -0.05) is 63.2 Å². The summed E-state index contributed by atoms with van der Waals surface area (Å²) in [7, 11) is 1.66. The number of rotatable bonds is 7. The molecule has 0 radical (unpaired) electrons. The molecule has 0 fully saturated rings. The maximum atomic E-state index is 13.0. The van der Waals surface area contributed by atoms with Crippen LogP contribution in [0.3, 0.4) is 0 Å². The Morgan fingerprint density at radius 3 is 2.12 bits per heavy atom. The normalized spacial score (nSPS) is 13.8. The van der Waals surface area contributed by atoms with E-state index in [-0.39, 0.29) is 17.9 Å². The van der Waals surface area contributed by atoms with Crippen LogP contribution >= 0.6 is 0 Å². The zero-order valence-corrected chi connectivity index (χ0v) is 15.9. The molecule has 134 valence electrons. The highest BCUT2D eigenvalue weighted by Crippen LogP contribution is 2.41. The van der Waals surface area contributed by atoms with E-state index in [1.54, 1.807) is 7.11 Å². The Hall–Kier alpha value is -2.29. The first kappa shape index (κ1) is 19.0. The highest BCUT2D eigenvalue weighted by atomic mass is 16.5. The van der Waals surface area contributed by atoms with Crippen molar-refractivity contribution in [3.05, 3.63) is 65.7 Å². The van der Waals surface area contributed by atoms with Crippen LogP contribution in [0.1, 0.15) is 51.2 Å². The lowest BCUT2D eigenvalue weighted by atomic mass is 9.70. The molecule has 0 spiro atoms. The van der Waals surface area contributed by atoms with Gasteiger partial charge in [-0.15, -0.1) is 0 Å². The van der Waals surface area contributed by atoms with E-state index in [2.05, 4.69) is 36.5 Å². The summed E-state index contributed by atoms with van der Waals surface area (Å²) >= 11 is 0. The van der Waals surface area contributed by atoms with Gasteiger partial charge in [0.1, 0.15) is 5.75 Å². The van der Waals surface area contributed by atoms with Gasteiger partial charge in [0.15, 0.2) is 0 Å². The molecule has 2 aromatic rings. The topological polar surface area (TPSA) is 38.3 Å². The van der Waals surface area contributed by atoms with E-state index in [9.17, 15) is 4.79 Å². The monoisotopic (exact) mass is 339 g/mol. The van der Waals surface area contributed by atoms with E-state index >= 15 is 0 Å². The Bertz CT molecular complexity index is 677. The van der Waals surface area contributed by atoms with Crippen LogP contribution in [0, 0.1) is 5.41 Å². The number of carbonyl (C=O) groups is 1. The first-order valence-corrected chi connectivity index (χ1v) is 8.90. The van der Waals surface area contributed by atoms with Gasteiger partial charge in [-0.05, 0) is 36.6 Å². The minimum absolute atomic E-state index is 0.0383. The fraction of sp³-hybridized carbons (Fsp3) is 0.409. The predicted octanol–water partition coefficient (Wildman–Crippen LogP) is 4.77. The number of ether oxygens (including phenoxy) is 1. The van der Waals surface area contributed by atoms with E-state index in [1.807, 2.05) is 51.1 Å². The van der Waals surface area contributed by atoms with Gasteiger partial charge in [0.2, 0.25) is 5.91 Å². The lowest BCUT2D eigenvalue weighted by molar-refractivity contribution is -0.130. The summed E-state index contributed by atoms with van der Waals surface area (Å²) < 4.78 is 5.28. The smallest absolute Gasteiger partial charge is 0.226 e. The fourth-order valence-electron chi connectivity index (χ4n) is 3.11. The number of hydrogen-bond donors (Lipinski definition) is 1. The van der Waals surface area contributed by atoms with Gasteiger partial charge >= 0.3 is 0 Å². The molecule has 0 saturated carbocycles. The van der Waals surface area contributed by atoms with Crippen molar-refractivity contribution < 1.29 is 9.53 Å². The lowest BCUT2D eigenvalue weighted by Gasteiger charge is -2.35. The van der Waals surface area contributed by atoms with E-state index in [4.69, 9.17) is 4.74 Å². The fourth-order valence-corrected chi connectivity index (χ4v) is 3.11. The van der Waals surface area contributed by atoms with Gasteiger partial charge in [0.25, 0.3) is 0 Å². The summed E-state index contributed by atoms with van der Waals surface area (Å²) in [6, 6.07) is 18.4. The summed E-state index contributed by atoms with van der Waals surface area (Å²) in [6.07, 6.45) is 0.917. The predicted molar refractivity (Wildman–Crippen MR) is 103 cm³/mol. The minimum Gasteiger partial charge on any atom is -0.497 e. The van der Waals surface area contributed by atoms with Gasteiger partial charge in [-0.2, -0.15) is 0 Å². The molecule has 2 rings (SSSR count). The number of hydrogen-bond acceptors (Lipinski definition) is 2. The molecule has 0 aliphatic rings. The van der Waals surface area contributed by atoms with Crippen LogP contribution in [-0.4, -0.2) is 19.1 Å². The van der Waals surface area contributed by atoms with E-state index in [1.165, 1.54) is 0 Å². The highest BCUT2D eigenvalue weighted by molar-refractivity contribution is 5.84. The highest BCUT2D eigenvalue weighted by Gasteiger charge is 2.39. The van der Waals surface area contributed by atoms with Crippen molar-refractivity contribution in [3.63, 3.8) is 0 Å². The van der Waals surface area contributed by atoms with Crippen molar-refractivity contribution in [1.82, 2.24) is 5.32 Å². The zero-order chi connectivity index (χ0) is 18.4. The zero-order valence-electron chi connectivity index (χ0n) is 15.9. The van der Waals surface area contributed by atoms with Crippen LogP contribution < -0.4 is 10.1 Å². The van der Waals surface area contributed by atoms with Gasteiger partial charge in [-0.3, -0.25) is 4.79 Å². The van der Waals surface area contributed by atoms with Gasteiger partial charge in [-0.25, -0.2) is 0 Å². The molecular weight excluding hydrogens is 310 g/mol. The van der Waals surface area contributed by atoms with Crippen LogP contribution in [0.2, 0.25) is 0 Å². The summed E-state index contributed by atoms with van der Waals surface area (Å²) in [5.74, 6) is 0.854. The Labute approximate surface area is 151 Å². The van der Waals surface area contributed by atoms with Gasteiger partial charge in [0.05, 0.1) is 12.5 Å². The average molecular weight is 339 g/mol. The molecule has 0 aromatic heterocycles. The number of carbonyl (C=O) groups excluding carboxylic acids is 1. The van der Waals surface area contributed by atoms with Crippen LogP contribution in [0.4, 0.5) is 0 Å². The van der Waals surface area contributed by atoms with E-state index in [0.29, 0.717) is 0 Å². The average Bonchev–Trinajstić information content (AvgIpc) is 2.63. The molecule has 2 aromatic carbocycles. The SMILES string of the molecule is CCC(C)NC(=O)C(C)(C)[C@@H](c1ccccc1)c1ccc(OC)cc1. The second kappa shape index (κ2) is 8.19. The van der Waals surface area contributed by atoms with E-state index in [0.717, 1.165) is 23.3 Å². The van der Waals surface area contributed by atoms with Crippen molar-refractivity contribution in [3.8, 4) is 5.75 Å². The minimum atomic E-state index is -0.584. The maximum Gasteiger partial charge on any atom is 0.226 e. The third-order valence-corrected chi connectivity index (χ3v) is 4.88. The Morgan fingerprint density at radius 2 is 1.60 bits per heavy atom. The van der Waals surface area contributed by atoms with Crippen LogP contribution in [0.5, 0.6) is 5.75 Å². The summed E-state index contributed by atoms with van der Waals surface area (Å²) in [4.78, 5) is 13.0. The summed E-state index contributed by atoms with van der Waals surface area (Å²) in [5, 5.41) is 3.15.